The number of fused-ring (bicyclic) bond motifs is 7. The molecule has 10 aromatic carbocycles. The largest absolute Gasteiger partial charge is 0.509 e. The molecule has 6 nitrogen and oxygen atoms in total. The number of aromatic nitrogens is 2. The van der Waals surface area contributed by atoms with Gasteiger partial charge in [0.05, 0.1) is 6.57 Å². The number of benzene rings is 10. The zero-order valence-corrected chi connectivity index (χ0v) is 45.9. The number of nitrogens with zero attached hydrogens (tertiary/aromatic N) is 5. The summed E-state index contributed by atoms with van der Waals surface area (Å²) >= 11 is 0. The fraction of sp³-hybridized carbons (Fsp3) is 0.0694. The molecule has 1 aliphatic carbocycles. The minimum atomic E-state index is -0.876. The molecule has 79 heavy (non-hydrogen) atoms. The van der Waals surface area contributed by atoms with Crippen LogP contribution in [0.5, 0.6) is 11.5 Å². The van der Waals surface area contributed by atoms with Gasteiger partial charge in [0.1, 0.15) is 5.82 Å². The first kappa shape index (κ1) is 49.3. The number of para-hydroxylation sites is 4. The van der Waals surface area contributed by atoms with E-state index in [-0.39, 0.29) is 26.5 Å². The van der Waals surface area contributed by atoms with E-state index in [0.29, 0.717) is 17.2 Å². The molecular weight excluding hydrogens is 1150 g/mol. The van der Waals surface area contributed by atoms with Crippen LogP contribution >= 0.6 is 0 Å². The molecule has 2 aliphatic rings. The Balaban J connectivity index is 0.00000591. The predicted octanol–water partition coefficient (Wildman–Crippen LogP) is 18.5. The molecule has 0 bridgehead atoms. The molecular formula is C72H50N5OPt-3. The van der Waals surface area contributed by atoms with E-state index in [1.165, 1.54) is 5.56 Å². The molecule has 2 aromatic heterocycles. The molecule has 0 radical (unpaired) electrons. The summed E-state index contributed by atoms with van der Waals surface area (Å²) in [6.45, 7) is 17.2. The normalized spacial score (nSPS) is 14.4. The van der Waals surface area contributed by atoms with E-state index in [9.17, 15) is 0 Å². The van der Waals surface area contributed by atoms with Gasteiger partial charge in [0, 0.05) is 77.9 Å². The third-order valence-electron chi connectivity index (χ3n) is 15.6. The predicted molar refractivity (Wildman–Crippen MR) is 317 cm³/mol. The van der Waals surface area contributed by atoms with Crippen LogP contribution in [0.15, 0.2) is 243 Å². The van der Waals surface area contributed by atoms with E-state index >= 15 is 0 Å². The smallest absolute Gasteiger partial charge is 0.187 e. The minimum Gasteiger partial charge on any atom is -0.509 e. The number of anilines is 4. The summed E-state index contributed by atoms with van der Waals surface area (Å²) in [5.41, 5.74) is 17.4. The second kappa shape index (κ2) is 19.6. The van der Waals surface area contributed by atoms with Crippen molar-refractivity contribution in [1.82, 2.24) is 9.55 Å². The standard InChI is InChI=1S/C72H50N5O.Pt/c1-71(2,3)51-39-40-74-69(43-51)77-65-32-17-15-28-61(65)62-38-36-55(46-68(62)77)78-56-42-52(72(50-25-12-7-13-26-50)63-31-16-14-27-59(63)60-37-35-53(73-4)44-64(60)72)41-54(45-56)75-47-76(67-34-19-18-33-66(67)75)70-57(48-21-8-5-9-22-48)29-20-30-58(70)49-23-10-6-11-24-49;/h5-44,47H,1-3H3;/q-3;. The Kier molecular flexibility index (Phi) is 12.3. The minimum absolute atomic E-state index is 0. The van der Waals surface area contributed by atoms with Crippen molar-refractivity contribution >= 4 is 50.2 Å². The number of rotatable bonds is 9. The Morgan fingerprint density at radius 1 is 0.532 bits per heavy atom. The number of pyridine rings is 1. The maximum absolute atomic E-state index is 8.29. The van der Waals surface area contributed by atoms with Gasteiger partial charge in [-0.05, 0) is 85.6 Å². The molecule has 14 rings (SSSR count). The fourth-order valence-electron chi connectivity index (χ4n) is 12.0. The monoisotopic (exact) mass is 1200 g/mol. The van der Waals surface area contributed by atoms with E-state index in [0.717, 1.165) is 106 Å². The third-order valence-corrected chi connectivity index (χ3v) is 15.6. The Morgan fingerprint density at radius 3 is 1.89 bits per heavy atom. The first-order valence-electron chi connectivity index (χ1n) is 26.4. The van der Waals surface area contributed by atoms with Crippen molar-refractivity contribution in [3.05, 3.63) is 301 Å². The van der Waals surface area contributed by atoms with Gasteiger partial charge in [-0.3, -0.25) is 0 Å². The summed E-state index contributed by atoms with van der Waals surface area (Å²) < 4.78 is 9.46. The molecule has 1 aliphatic heterocycles. The van der Waals surface area contributed by atoms with Gasteiger partial charge in [0.2, 0.25) is 0 Å². The zero-order valence-electron chi connectivity index (χ0n) is 43.6. The van der Waals surface area contributed by atoms with E-state index in [2.05, 4.69) is 283 Å². The topological polar surface area (TPSA) is 37.9 Å². The van der Waals surface area contributed by atoms with Crippen molar-refractivity contribution < 1.29 is 25.8 Å². The number of hydrogen-bond acceptors (Lipinski definition) is 4. The second-order valence-electron chi connectivity index (χ2n) is 21.1. The van der Waals surface area contributed by atoms with Crippen molar-refractivity contribution in [1.29, 1.82) is 0 Å². The Hall–Kier alpha value is -9.27. The SMILES string of the molecule is [C-]#[N+]c1ccc2c(c1)C(c1ccccc1)(c1cc(Oc3[c-]c4c(cc3)c3ccccc3n4-c3cc(C(C)(C)C)ccn3)[c-]c(N3[CH-]N(c4c(-c5ccccc5)cccc4-c4ccccc4)c4ccccc43)c1)c1ccccc1-2.[Pt]. The molecule has 12 aromatic rings. The molecule has 0 spiro atoms. The third kappa shape index (κ3) is 8.15. The first-order chi connectivity index (χ1) is 38.3. The van der Waals surface area contributed by atoms with Crippen LogP contribution in [-0.4, -0.2) is 9.55 Å². The molecule has 7 heteroatoms. The first-order valence-corrected chi connectivity index (χ1v) is 26.4. The molecule has 1 unspecified atom stereocenters. The molecule has 382 valence electrons. The Labute approximate surface area is 475 Å². The van der Waals surface area contributed by atoms with Crippen LogP contribution in [0, 0.1) is 25.4 Å². The average Bonchev–Trinajstić information content (AvgIpc) is 4.08. The van der Waals surface area contributed by atoms with E-state index in [1.54, 1.807) is 0 Å². The van der Waals surface area contributed by atoms with Gasteiger partial charge < -0.3 is 19.1 Å². The van der Waals surface area contributed by atoms with E-state index < -0.39 is 5.41 Å². The van der Waals surface area contributed by atoms with Crippen molar-refractivity contribution in [2.75, 3.05) is 9.80 Å². The van der Waals surface area contributed by atoms with E-state index in [1.807, 2.05) is 18.3 Å². The van der Waals surface area contributed by atoms with Crippen molar-refractivity contribution in [3.8, 4) is 50.7 Å². The van der Waals surface area contributed by atoms with Crippen LogP contribution in [0.25, 0.3) is 65.8 Å². The maximum atomic E-state index is 8.29. The average molecular weight is 1200 g/mol. The summed E-state index contributed by atoms with van der Waals surface area (Å²) in [5.74, 6) is 1.86. The number of ether oxygens (including phenoxy) is 1. The zero-order chi connectivity index (χ0) is 52.5. The molecule has 0 N–H and O–H groups in total. The van der Waals surface area contributed by atoms with Crippen molar-refractivity contribution in [2.24, 2.45) is 0 Å². The van der Waals surface area contributed by atoms with Gasteiger partial charge in [-0.2, -0.15) is 6.07 Å². The Bertz CT molecular complexity index is 4290. The van der Waals surface area contributed by atoms with Gasteiger partial charge in [0.15, 0.2) is 5.69 Å². The maximum Gasteiger partial charge on any atom is 0.187 e. The van der Waals surface area contributed by atoms with Crippen LogP contribution in [0.2, 0.25) is 0 Å². The van der Waals surface area contributed by atoms with Gasteiger partial charge in [-0.25, -0.2) is 9.83 Å². The van der Waals surface area contributed by atoms with Crippen LogP contribution in [0.1, 0.15) is 48.6 Å². The van der Waals surface area contributed by atoms with Crippen LogP contribution in [-0.2, 0) is 31.9 Å². The van der Waals surface area contributed by atoms with Crippen LogP contribution in [0.3, 0.4) is 0 Å². The van der Waals surface area contributed by atoms with Crippen molar-refractivity contribution in [3.63, 3.8) is 0 Å². The molecule has 0 saturated carbocycles. The molecule has 0 saturated heterocycles. The fourth-order valence-corrected chi connectivity index (χ4v) is 12.0. The van der Waals surface area contributed by atoms with Gasteiger partial charge in [0.25, 0.3) is 0 Å². The molecule has 3 heterocycles. The summed E-state index contributed by atoms with van der Waals surface area (Å²) in [6.07, 6.45) is 1.90. The van der Waals surface area contributed by atoms with Gasteiger partial charge in [-0.15, -0.1) is 53.6 Å². The molecule has 1 atom stereocenters. The summed E-state index contributed by atoms with van der Waals surface area (Å²) in [6, 6.07) is 90.9. The van der Waals surface area contributed by atoms with Crippen molar-refractivity contribution in [2.45, 2.75) is 31.6 Å². The molecule has 0 fully saturated rings. The second-order valence-corrected chi connectivity index (χ2v) is 21.1. The van der Waals surface area contributed by atoms with Crippen LogP contribution in [0.4, 0.5) is 28.4 Å². The Morgan fingerprint density at radius 2 is 1.16 bits per heavy atom. The summed E-state index contributed by atoms with van der Waals surface area (Å²) in [7, 11) is 0. The number of hydrogen-bond donors (Lipinski definition) is 0. The van der Waals surface area contributed by atoms with Gasteiger partial charge >= 0.3 is 0 Å². The quantitative estimate of drug-likeness (QED) is 0.135. The van der Waals surface area contributed by atoms with Crippen LogP contribution < -0.4 is 14.5 Å². The summed E-state index contributed by atoms with van der Waals surface area (Å²) in [5, 5.41) is 2.15. The van der Waals surface area contributed by atoms with Gasteiger partial charge in [-0.1, -0.05) is 208 Å². The summed E-state index contributed by atoms with van der Waals surface area (Å²) in [4.78, 5) is 13.6. The molecule has 0 amide bonds. The van der Waals surface area contributed by atoms with E-state index in [4.69, 9.17) is 16.3 Å².